The summed E-state index contributed by atoms with van der Waals surface area (Å²) in [6.45, 7) is 2.93. The van der Waals surface area contributed by atoms with Crippen LogP contribution in [0.4, 0.5) is 0 Å². The molecule has 2 aliphatic rings. The third kappa shape index (κ3) is 2.42. The summed E-state index contributed by atoms with van der Waals surface area (Å²) >= 11 is 3.72. The molecule has 3 heteroatoms. The Labute approximate surface area is 111 Å². The molecule has 17 heavy (non-hydrogen) atoms. The lowest BCUT2D eigenvalue weighted by Gasteiger charge is -2.15. The number of hydrogen-bond acceptors (Lipinski definition) is 2. The van der Waals surface area contributed by atoms with Crippen LogP contribution in [0.15, 0.2) is 22.7 Å². The average molecular weight is 296 g/mol. The van der Waals surface area contributed by atoms with Gasteiger partial charge in [-0.1, -0.05) is 28.1 Å². The molecule has 2 nitrogen and oxygen atoms in total. The van der Waals surface area contributed by atoms with E-state index in [-0.39, 0.29) is 0 Å². The zero-order valence-electron chi connectivity index (χ0n) is 9.92. The molecule has 1 aromatic rings. The fourth-order valence-corrected chi connectivity index (χ4v) is 3.56. The molecule has 1 aromatic carbocycles. The first-order valence-electron chi connectivity index (χ1n) is 6.45. The molecule has 0 radical (unpaired) electrons. The van der Waals surface area contributed by atoms with Crippen molar-refractivity contribution in [2.75, 3.05) is 19.8 Å². The van der Waals surface area contributed by atoms with Crippen LogP contribution in [0.25, 0.3) is 0 Å². The monoisotopic (exact) mass is 295 g/mol. The molecule has 2 unspecified atom stereocenters. The maximum Gasteiger partial charge on any atom is 0.0535 e. The fourth-order valence-electron chi connectivity index (χ4n) is 2.84. The van der Waals surface area contributed by atoms with Gasteiger partial charge in [-0.05, 0) is 43.0 Å². The summed E-state index contributed by atoms with van der Waals surface area (Å²) < 4.78 is 6.71. The summed E-state index contributed by atoms with van der Waals surface area (Å²) in [6.07, 6.45) is 3.71. The molecule has 0 saturated carbocycles. The molecule has 2 heterocycles. The van der Waals surface area contributed by atoms with E-state index in [0.29, 0.717) is 12.0 Å². The van der Waals surface area contributed by atoms with Crippen molar-refractivity contribution in [3.05, 3.63) is 33.8 Å². The zero-order valence-corrected chi connectivity index (χ0v) is 11.5. The van der Waals surface area contributed by atoms with Crippen LogP contribution >= 0.6 is 15.9 Å². The van der Waals surface area contributed by atoms with E-state index in [1.807, 2.05) is 0 Å². The second kappa shape index (κ2) is 5.09. The molecule has 0 bridgehead atoms. The molecule has 2 aliphatic heterocycles. The molecule has 0 aliphatic carbocycles. The minimum atomic E-state index is 0.556. The minimum absolute atomic E-state index is 0.556. The maximum absolute atomic E-state index is 5.46. The Morgan fingerprint density at radius 3 is 2.88 bits per heavy atom. The van der Waals surface area contributed by atoms with Crippen LogP contribution in [0, 0.1) is 0 Å². The molecule has 0 amide bonds. The predicted molar refractivity (Wildman–Crippen MR) is 72.3 cm³/mol. The smallest absolute Gasteiger partial charge is 0.0535 e. The Hall–Kier alpha value is -0.380. The average Bonchev–Trinajstić information content (AvgIpc) is 3.02. The van der Waals surface area contributed by atoms with Crippen molar-refractivity contribution < 1.29 is 4.74 Å². The van der Waals surface area contributed by atoms with Crippen LogP contribution in [0.3, 0.4) is 0 Å². The first-order chi connectivity index (χ1) is 8.34. The van der Waals surface area contributed by atoms with E-state index < -0.39 is 0 Å². The van der Waals surface area contributed by atoms with Crippen molar-refractivity contribution in [2.24, 2.45) is 0 Å². The summed E-state index contributed by atoms with van der Waals surface area (Å²) in [4.78, 5) is 0. The van der Waals surface area contributed by atoms with Crippen molar-refractivity contribution in [2.45, 2.75) is 31.2 Å². The van der Waals surface area contributed by atoms with E-state index in [9.17, 15) is 0 Å². The lowest BCUT2D eigenvalue weighted by atomic mass is 9.95. The first kappa shape index (κ1) is 11.7. The highest BCUT2D eigenvalue weighted by Gasteiger charge is 2.22. The molecule has 1 N–H and O–H groups in total. The van der Waals surface area contributed by atoms with Crippen molar-refractivity contribution in [3.63, 3.8) is 0 Å². The van der Waals surface area contributed by atoms with E-state index in [2.05, 4.69) is 39.4 Å². The van der Waals surface area contributed by atoms with Crippen LogP contribution < -0.4 is 5.32 Å². The summed E-state index contributed by atoms with van der Waals surface area (Å²) in [5.74, 6) is 0.579. The first-order valence-corrected chi connectivity index (χ1v) is 7.24. The van der Waals surface area contributed by atoms with E-state index in [1.165, 1.54) is 28.4 Å². The quantitative estimate of drug-likeness (QED) is 0.903. The number of rotatable bonds is 2. The van der Waals surface area contributed by atoms with Gasteiger partial charge in [0.05, 0.1) is 6.61 Å². The summed E-state index contributed by atoms with van der Waals surface area (Å²) in [7, 11) is 0. The Morgan fingerprint density at radius 1 is 1.29 bits per heavy atom. The van der Waals surface area contributed by atoms with E-state index in [1.54, 1.807) is 0 Å². The highest BCUT2D eigenvalue weighted by Crippen LogP contribution is 2.34. The number of benzene rings is 1. The third-order valence-electron chi connectivity index (χ3n) is 3.86. The van der Waals surface area contributed by atoms with Crippen LogP contribution in [0.1, 0.15) is 42.3 Å². The van der Waals surface area contributed by atoms with Crippen molar-refractivity contribution >= 4 is 15.9 Å². The predicted octanol–water partition coefficient (Wildman–Crippen LogP) is 3.38. The third-order valence-corrected chi connectivity index (χ3v) is 4.54. The van der Waals surface area contributed by atoms with Crippen LogP contribution in [0.5, 0.6) is 0 Å². The summed E-state index contributed by atoms with van der Waals surface area (Å²) in [5.41, 5.74) is 2.82. The van der Waals surface area contributed by atoms with Crippen molar-refractivity contribution in [1.29, 1.82) is 0 Å². The number of hydrogen-bond donors (Lipinski definition) is 1. The molecule has 3 rings (SSSR count). The molecule has 92 valence electrons. The van der Waals surface area contributed by atoms with Crippen LogP contribution in [-0.4, -0.2) is 19.8 Å². The second-order valence-corrected chi connectivity index (χ2v) is 5.84. The standard InChI is InChI=1S/C14H18BrNO/c15-13-8-10(14-2-1-6-16-14)3-4-12(13)11-5-7-17-9-11/h3-4,8,11,14,16H,1-2,5-7,9H2. The van der Waals surface area contributed by atoms with Crippen molar-refractivity contribution in [1.82, 2.24) is 5.32 Å². The summed E-state index contributed by atoms with van der Waals surface area (Å²) in [5, 5.41) is 3.54. The molecule has 0 spiro atoms. The van der Waals surface area contributed by atoms with Gasteiger partial charge >= 0.3 is 0 Å². The summed E-state index contributed by atoms with van der Waals surface area (Å²) in [6, 6.07) is 7.40. The normalized spacial score (nSPS) is 28.8. The molecule has 0 aromatic heterocycles. The van der Waals surface area contributed by atoms with Gasteiger partial charge < -0.3 is 10.1 Å². The van der Waals surface area contributed by atoms with Gasteiger partial charge in [-0.15, -0.1) is 0 Å². The SMILES string of the molecule is Brc1cc(C2CCCN2)ccc1C1CCOC1. The number of nitrogens with one attached hydrogen (secondary N) is 1. The number of halogens is 1. The lowest BCUT2D eigenvalue weighted by molar-refractivity contribution is 0.194. The van der Waals surface area contributed by atoms with Gasteiger partial charge in [-0.3, -0.25) is 0 Å². The molecule has 2 atom stereocenters. The minimum Gasteiger partial charge on any atom is -0.381 e. The van der Waals surface area contributed by atoms with E-state index in [0.717, 1.165) is 26.2 Å². The van der Waals surface area contributed by atoms with E-state index >= 15 is 0 Å². The number of ether oxygens (including phenoxy) is 1. The zero-order chi connectivity index (χ0) is 11.7. The Morgan fingerprint density at radius 2 is 2.24 bits per heavy atom. The Balaban J connectivity index is 1.82. The van der Waals surface area contributed by atoms with Gasteiger partial charge in [0.2, 0.25) is 0 Å². The maximum atomic E-state index is 5.46. The Bertz CT molecular complexity index is 395. The molecular weight excluding hydrogens is 278 g/mol. The largest absolute Gasteiger partial charge is 0.381 e. The van der Waals surface area contributed by atoms with Gasteiger partial charge in [0, 0.05) is 23.0 Å². The fraction of sp³-hybridized carbons (Fsp3) is 0.571. The molecule has 2 fully saturated rings. The van der Waals surface area contributed by atoms with E-state index in [4.69, 9.17) is 4.74 Å². The second-order valence-electron chi connectivity index (χ2n) is 4.99. The van der Waals surface area contributed by atoms with Gasteiger partial charge in [-0.2, -0.15) is 0 Å². The van der Waals surface area contributed by atoms with Crippen LogP contribution in [0.2, 0.25) is 0 Å². The highest BCUT2D eigenvalue weighted by atomic mass is 79.9. The molecule has 2 saturated heterocycles. The van der Waals surface area contributed by atoms with Crippen LogP contribution in [-0.2, 0) is 4.74 Å². The van der Waals surface area contributed by atoms with Gasteiger partial charge in [0.1, 0.15) is 0 Å². The van der Waals surface area contributed by atoms with Gasteiger partial charge in [0.25, 0.3) is 0 Å². The van der Waals surface area contributed by atoms with Crippen molar-refractivity contribution in [3.8, 4) is 0 Å². The lowest BCUT2D eigenvalue weighted by Crippen LogP contribution is -2.13. The topological polar surface area (TPSA) is 21.3 Å². The Kier molecular flexibility index (Phi) is 3.50. The highest BCUT2D eigenvalue weighted by molar-refractivity contribution is 9.10. The van der Waals surface area contributed by atoms with Gasteiger partial charge in [0.15, 0.2) is 0 Å². The molecular formula is C14H18BrNO. The van der Waals surface area contributed by atoms with Gasteiger partial charge in [-0.25, -0.2) is 0 Å².